The monoisotopic (exact) mass is 265 g/mol. The van der Waals surface area contributed by atoms with Gasteiger partial charge in [-0.25, -0.2) is 8.93 Å². The second-order valence-corrected chi connectivity index (χ2v) is 7.48. The zero-order chi connectivity index (χ0) is 13.8. The van der Waals surface area contributed by atoms with Crippen LogP contribution >= 0.6 is 0 Å². The van der Waals surface area contributed by atoms with Gasteiger partial charge in [0.1, 0.15) is 0 Å². The Balaban J connectivity index is 2.86. The predicted molar refractivity (Wildman–Crippen MR) is 79.8 cm³/mol. The van der Waals surface area contributed by atoms with Crippen LogP contribution in [-0.4, -0.2) is 8.96 Å². The Labute approximate surface area is 113 Å². The molecular formula is C15H23NOS. The molecule has 18 heavy (non-hydrogen) atoms. The van der Waals surface area contributed by atoms with Crippen LogP contribution in [0.15, 0.2) is 36.9 Å². The van der Waals surface area contributed by atoms with E-state index in [-0.39, 0.29) is 10.8 Å². The fraction of sp³-hybridized carbons (Fsp3) is 0.467. The molecule has 0 spiro atoms. The molecule has 0 bridgehead atoms. The van der Waals surface area contributed by atoms with Gasteiger partial charge in [0, 0.05) is 6.04 Å². The number of hydrogen-bond donors (Lipinski definition) is 1. The minimum absolute atomic E-state index is 0.0585. The lowest BCUT2D eigenvalue weighted by Crippen LogP contribution is -2.35. The van der Waals surface area contributed by atoms with Crippen molar-refractivity contribution < 1.29 is 4.21 Å². The minimum Gasteiger partial charge on any atom is -0.242 e. The first-order chi connectivity index (χ1) is 8.34. The first kappa shape index (κ1) is 15.1. The summed E-state index contributed by atoms with van der Waals surface area (Å²) < 4.78 is 15.1. The molecule has 0 saturated heterocycles. The molecule has 0 aliphatic rings. The average Bonchev–Trinajstić information content (AvgIpc) is 2.28. The summed E-state index contributed by atoms with van der Waals surface area (Å²) in [4.78, 5) is 0. The maximum Gasteiger partial charge on any atom is 0.0976 e. The van der Waals surface area contributed by atoms with Crippen molar-refractivity contribution in [2.75, 3.05) is 0 Å². The molecule has 100 valence electrons. The largest absolute Gasteiger partial charge is 0.242 e. The molecule has 0 amide bonds. The zero-order valence-corrected chi connectivity index (χ0v) is 12.5. The van der Waals surface area contributed by atoms with E-state index in [1.807, 2.05) is 26.8 Å². The van der Waals surface area contributed by atoms with E-state index in [2.05, 4.69) is 42.5 Å². The number of aryl methyl sites for hydroxylation is 1. The quantitative estimate of drug-likeness (QED) is 0.809. The molecule has 0 unspecified atom stereocenters. The Bertz CT molecular complexity index is 417. The van der Waals surface area contributed by atoms with Gasteiger partial charge < -0.3 is 0 Å². The van der Waals surface area contributed by atoms with Crippen molar-refractivity contribution in [3.05, 3.63) is 48.0 Å². The average molecular weight is 265 g/mol. The summed E-state index contributed by atoms with van der Waals surface area (Å²) in [5, 5.41) is 0. The van der Waals surface area contributed by atoms with E-state index in [4.69, 9.17) is 0 Å². The number of nitrogens with one attached hydrogen (secondary N) is 1. The van der Waals surface area contributed by atoms with E-state index in [0.717, 1.165) is 12.0 Å². The van der Waals surface area contributed by atoms with E-state index in [1.165, 1.54) is 5.56 Å². The topological polar surface area (TPSA) is 29.1 Å². The van der Waals surface area contributed by atoms with Crippen LogP contribution in [0.4, 0.5) is 0 Å². The van der Waals surface area contributed by atoms with Crippen molar-refractivity contribution in [1.82, 2.24) is 4.72 Å². The SMILES string of the molecule is C=CC[C@H](N[S@](=O)C(C)(C)C)c1ccc(C)cc1. The van der Waals surface area contributed by atoms with E-state index < -0.39 is 11.0 Å². The standard InChI is InChI=1S/C15H23NOS/c1-6-7-14(16-18(17)15(3,4)5)13-10-8-12(2)9-11-13/h6,8-11,14,16H,1,7H2,2-5H3/t14-,18+/m0/s1. The highest BCUT2D eigenvalue weighted by Crippen LogP contribution is 2.21. The molecule has 2 nitrogen and oxygen atoms in total. The Morgan fingerprint density at radius 3 is 2.33 bits per heavy atom. The Morgan fingerprint density at radius 2 is 1.89 bits per heavy atom. The summed E-state index contributed by atoms with van der Waals surface area (Å²) in [6, 6.07) is 8.37. The predicted octanol–water partition coefficient (Wildman–Crippen LogP) is 3.66. The molecule has 0 heterocycles. The first-order valence-electron chi connectivity index (χ1n) is 6.20. The van der Waals surface area contributed by atoms with Gasteiger partial charge in [0.25, 0.3) is 0 Å². The van der Waals surface area contributed by atoms with Crippen LogP contribution in [0.3, 0.4) is 0 Å². The molecule has 0 aromatic heterocycles. The van der Waals surface area contributed by atoms with Gasteiger partial charge in [-0.05, 0) is 39.7 Å². The second kappa shape index (κ2) is 6.30. The van der Waals surface area contributed by atoms with Crippen LogP contribution < -0.4 is 4.72 Å². The van der Waals surface area contributed by atoms with Gasteiger partial charge in [0.05, 0.1) is 15.7 Å². The third-order valence-corrected chi connectivity index (χ3v) is 4.30. The molecule has 2 atom stereocenters. The van der Waals surface area contributed by atoms with Crippen molar-refractivity contribution in [2.24, 2.45) is 0 Å². The Hall–Kier alpha value is -0.930. The van der Waals surface area contributed by atoms with Crippen LogP contribution in [0.5, 0.6) is 0 Å². The zero-order valence-electron chi connectivity index (χ0n) is 11.7. The van der Waals surface area contributed by atoms with E-state index in [0.29, 0.717) is 0 Å². The van der Waals surface area contributed by atoms with Gasteiger partial charge in [-0.15, -0.1) is 6.58 Å². The summed E-state index contributed by atoms with van der Waals surface area (Å²) in [5.41, 5.74) is 2.38. The Kier molecular flexibility index (Phi) is 5.29. The molecule has 3 heteroatoms. The van der Waals surface area contributed by atoms with Crippen LogP contribution in [-0.2, 0) is 11.0 Å². The fourth-order valence-corrected chi connectivity index (χ4v) is 2.37. The lowest BCUT2D eigenvalue weighted by molar-refractivity contribution is 0.601. The highest BCUT2D eigenvalue weighted by atomic mass is 32.2. The molecule has 0 aliphatic carbocycles. The molecular weight excluding hydrogens is 242 g/mol. The van der Waals surface area contributed by atoms with Crippen molar-refractivity contribution in [2.45, 2.75) is 44.9 Å². The highest BCUT2D eigenvalue weighted by molar-refractivity contribution is 7.84. The molecule has 1 aromatic carbocycles. The minimum atomic E-state index is -1.07. The van der Waals surface area contributed by atoms with Crippen LogP contribution in [0.2, 0.25) is 0 Å². The smallest absolute Gasteiger partial charge is 0.0976 e. The molecule has 0 saturated carbocycles. The summed E-state index contributed by atoms with van der Waals surface area (Å²) in [5.74, 6) is 0. The van der Waals surface area contributed by atoms with Crippen LogP contribution in [0.25, 0.3) is 0 Å². The van der Waals surface area contributed by atoms with E-state index in [1.54, 1.807) is 0 Å². The third kappa shape index (κ3) is 4.39. The van der Waals surface area contributed by atoms with Crippen molar-refractivity contribution in [3.8, 4) is 0 Å². The maximum absolute atomic E-state index is 12.2. The van der Waals surface area contributed by atoms with Crippen molar-refractivity contribution in [1.29, 1.82) is 0 Å². The lowest BCUT2D eigenvalue weighted by atomic mass is 10.0. The second-order valence-electron chi connectivity index (χ2n) is 5.49. The molecule has 0 fully saturated rings. The summed E-state index contributed by atoms with van der Waals surface area (Å²) in [6.07, 6.45) is 2.63. The van der Waals surface area contributed by atoms with Crippen LogP contribution in [0, 0.1) is 6.92 Å². The van der Waals surface area contributed by atoms with E-state index >= 15 is 0 Å². The highest BCUT2D eigenvalue weighted by Gasteiger charge is 2.22. The van der Waals surface area contributed by atoms with Gasteiger partial charge in [-0.3, -0.25) is 0 Å². The molecule has 1 rings (SSSR count). The first-order valence-corrected chi connectivity index (χ1v) is 7.35. The van der Waals surface area contributed by atoms with Gasteiger partial charge in [0.15, 0.2) is 0 Å². The molecule has 1 N–H and O–H groups in total. The van der Waals surface area contributed by atoms with Crippen LogP contribution in [0.1, 0.15) is 44.4 Å². The molecule has 1 aromatic rings. The normalized spacial score (nSPS) is 15.1. The molecule has 0 radical (unpaired) electrons. The summed E-state index contributed by atoms with van der Waals surface area (Å²) in [7, 11) is -1.07. The van der Waals surface area contributed by atoms with Gasteiger partial charge >= 0.3 is 0 Å². The summed E-state index contributed by atoms with van der Waals surface area (Å²) in [6.45, 7) is 11.7. The molecule has 0 aliphatic heterocycles. The number of hydrogen-bond acceptors (Lipinski definition) is 1. The number of rotatable bonds is 5. The van der Waals surface area contributed by atoms with Gasteiger partial charge in [0.2, 0.25) is 0 Å². The summed E-state index contributed by atoms with van der Waals surface area (Å²) >= 11 is 0. The number of benzene rings is 1. The van der Waals surface area contributed by atoms with Crippen molar-refractivity contribution >= 4 is 11.0 Å². The third-order valence-electron chi connectivity index (χ3n) is 2.69. The fourth-order valence-electron chi connectivity index (χ4n) is 1.52. The van der Waals surface area contributed by atoms with E-state index in [9.17, 15) is 4.21 Å². The lowest BCUT2D eigenvalue weighted by Gasteiger charge is -2.24. The van der Waals surface area contributed by atoms with Crippen molar-refractivity contribution in [3.63, 3.8) is 0 Å². The Morgan fingerprint density at radius 1 is 1.33 bits per heavy atom. The van der Waals surface area contributed by atoms with Gasteiger partial charge in [-0.1, -0.05) is 35.9 Å². The maximum atomic E-state index is 12.2. The van der Waals surface area contributed by atoms with Gasteiger partial charge in [-0.2, -0.15) is 0 Å².